The summed E-state index contributed by atoms with van der Waals surface area (Å²) in [7, 11) is 6.32. The van der Waals surface area contributed by atoms with Crippen molar-refractivity contribution in [3.05, 3.63) is 36.0 Å². The van der Waals surface area contributed by atoms with E-state index in [1.807, 2.05) is 17.9 Å². The van der Waals surface area contributed by atoms with Gasteiger partial charge in [-0.1, -0.05) is 0 Å². The van der Waals surface area contributed by atoms with Crippen LogP contribution in [0, 0.1) is 5.92 Å². The molecule has 2 aliphatic heterocycles. The monoisotopic (exact) mass is 396 g/mol. The number of likely N-dealkylation sites (N-methyl/N-ethyl adjacent to an activating group) is 1. The first kappa shape index (κ1) is 19.0. The molecule has 2 N–H and O–H groups in total. The fourth-order valence-electron chi connectivity index (χ4n) is 5.38. The Bertz CT molecular complexity index is 849. The third-order valence-corrected chi connectivity index (χ3v) is 7.16. The smallest absolute Gasteiger partial charge is 0.132 e. The summed E-state index contributed by atoms with van der Waals surface area (Å²) < 4.78 is 1.91. The highest BCUT2D eigenvalue weighted by molar-refractivity contribution is 5.41. The quantitative estimate of drug-likeness (QED) is 0.810. The predicted molar refractivity (Wildman–Crippen MR) is 112 cm³/mol. The van der Waals surface area contributed by atoms with Crippen LogP contribution < -0.4 is 15.8 Å². The highest BCUT2D eigenvalue weighted by Gasteiger charge is 2.42. The molecule has 0 spiro atoms. The Morgan fingerprint density at radius 2 is 2.03 bits per heavy atom. The van der Waals surface area contributed by atoms with Crippen molar-refractivity contribution in [2.24, 2.45) is 13.0 Å². The van der Waals surface area contributed by atoms with E-state index in [9.17, 15) is 0 Å². The fraction of sp³-hybridized carbons (Fsp3) is 0.667. The lowest BCUT2D eigenvalue weighted by molar-refractivity contribution is 0.276. The highest BCUT2D eigenvalue weighted by Crippen LogP contribution is 2.43. The summed E-state index contributed by atoms with van der Waals surface area (Å²) in [5.74, 6) is 2.17. The zero-order valence-electron chi connectivity index (χ0n) is 17.6. The van der Waals surface area contributed by atoms with Crippen LogP contribution in [-0.2, 0) is 7.05 Å². The lowest BCUT2D eigenvalue weighted by Gasteiger charge is -2.32. The second kappa shape index (κ2) is 7.66. The van der Waals surface area contributed by atoms with Crippen LogP contribution in [0.4, 0.5) is 5.82 Å². The summed E-state index contributed by atoms with van der Waals surface area (Å²) in [6, 6.07) is 3.54. The lowest BCUT2D eigenvalue weighted by Crippen LogP contribution is -2.34. The molecule has 8 nitrogen and oxygen atoms in total. The van der Waals surface area contributed by atoms with Crippen molar-refractivity contribution in [1.29, 1.82) is 0 Å². The molecule has 3 aliphatic rings. The van der Waals surface area contributed by atoms with Gasteiger partial charge in [0.1, 0.15) is 12.1 Å². The van der Waals surface area contributed by atoms with Gasteiger partial charge in [0.2, 0.25) is 0 Å². The molecule has 2 aromatic heterocycles. The molecule has 0 aromatic carbocycles. The molecule has 29 heavy (non-hydrogen) atoms. The number of hydrogen-bond acceptors (Lipinski definition) is 7. The van der Waals surface area contributed by atoms with Gasteiger partial charge in [-0.2, -0.15) is 5.10 Å². The van der Waals surface area contributed by atoms with Gasteiger partial charge < -0.3 is 9.80 Å². The minimum Gasteiger partial charge on any atom is -0.355 e. The first-order chi connectivity index (χ1) is 14.1. The summed E-state index contributed by atoms with van der Waals surface area (Å²) in [6.45, 7) is 2.10. The Labute approximate surface area is 172 Å². The molecule has 1 aliphatic carbocycles. The van der Waals surface area contributed by atoms with Gasteiger partial charge in [0, 0.05) is 44.5 Å². The number of anilines is 1. The standard InChI is InChI=1S/C21H32N8/c1-27(2)16-6-7-29(12-16)20-9-19(22-13-23-20)21-17-8-14(4-5-18(17)25-26-21)15-10-24-28(3)11-15/h9-11,13-14,16-18,21,25-26H,4-8,12H2,1-3H3/t14?,16-,17?,18?,21?/m0/s1. The van der Waals surface area contributed by atoms with Gasteiger partial charge in [0.25, 0.3) is 0 Å². The van der Waals surface area contributed by atoms with E-state index < -0.39 is 0 Å². The summed E-state index contributed by atoms with van der Waals surface area (Å²) >= 11 is 0. The molecular formula is C21H32N8. The van der Waals surface area contributed by atoms with Crippen molar-refractivity contribution in [3.8, 4) is 0 Å². The van der Waals surface area contributed by atoms with Crippen LogP contribution in [0.3, 0.4) is 0 Å². The topological polar surface area (TPSA) is 74.1 Å². The van der Waals surface area contributed by atoms with Crippen LogP contribution in [0.2, 0.25) is 0 Å². The van der Waals surface area contributed by atoms with Crippen molar-refractivity contribution in [2.45, 2.75) is 49.7 Å². The van der Waals surface area contributed by atoms with Crippen molar-refractivity contribution in [3.63, 3.8) is 0 Å². The number of hydrazine groups is 1. The van der Waals surface area contributed by atoms with Gasteiger partial charge in [-0.15, -0.1) is 0 Å². The second-order valence-corrected chi connectivity index (χ2v) is 9.15. The van der Waals surface area contributed by atoms with Gasteiger partial charge in [-0.3, -0.25) is 10.1 Å². The number of hydrogen-bond donors (Lipinski definition) is 2. The molecule has 4 unspecified atom stereocenters. The van der Waals surface area contributed by atoms with Gasteiger partial charge in [-0.05, 0) is 57.2 Å². The minimum absolute atomic E-state index is 0.230. The Hall–Kier alpha value is -2.03. The highest BCUT2D eigenvalue weighted by atomic mass is 15.4. The maximum Gasteiger partial charge on any atom is 0.132 e. The van der Waals surface area contributed by atoms with E-state index in [0.717, 1.165) is 31.0 Å². The summed E-state index contributed by atoms with van der Waals surface area (Å²) in [4.78, 5) is 14.0. The van der Waals surface area contributed by atoms with Crippen LogP contribution in [0.5, 0.6) is 0 Å². The number of nitrogens with zero attached hydrogens (tertiary/aromatic N) is 6. The number of aromatic nitrogens is 4. The van der Waals surface area contributed by atoms with Gasteiger partial charge >= 0.3 is 0 Å². The summed E-state index contributed by atoms with van der Waals surface area (Å²) in [6.07, 6.45) is 10.7. The van der Waals surface area contributed by atoms with E-state index in [4.69, 9.17) is 0 Å². The zero-order valence-corrected chi connectivity index (χ0v) is 17.6. The number of rotatable bonds is 4. The maximum absolute atomic E-state index is 4.67. The number of nitrogens with one attached hydrogen (secondary N) is 2. The van der Waals surface area contributed by atoms with E-state index in [-0.39, 0.29) is 6.04 Å². The van der Waals surface area contributed by atoms with E-state index in [2.05, 4.69) is 62.1 Å². The molecule has 0 amide bonds. The fourth-order valence-corrected chi connectivity index (χ4v) is 5.38. The molecule has 8 heteroatoms. The third kappa shape index (κ3) is 3.65. The van der Waals surface area contributed by atoms with Crippen LogP contribution >= 0.6 is 0 Å². The summed E-state index contributed by atoms with van der Waals surface area (Å²) in [5, 5.41) is 4.38. The van der Waals surface area contributed by atoms with Crippen molar-refractivity contribution < 1.29 is 0 Å². The average Bonchev–Trinajstić information content (AvgIpc) is 3.47. The van der Waals surface area contributed by atoms with Crippen LogP contribution in [-0.4, -0.2) is 63.9 Å². The first-order valence-electron chi connectivity index (χ1n) is 10.8. The maximum atomic E-state index is 4.67. The molecule has 3 fully saturated rings. The Morgan fingerprint density at radius 1 is 1.14 bits per heavy atom. The lowest BCUT2D eigenvalue weighted by atomic mass is 9.73. The second-order valence-electron chi connectivity index (χ2n) is 9.15. The molecule has 5 atom stereocenters. The van der Waals surface area contributed by atoms with Crippen LogP contribution in [0.1, 0.15) is 48.9 Å². The largest absolute Gasteiger partial charge is 0.355 e. The van der Waals surface area contributed by atoms with E-state index in [1.54, 1.807) is 6.33 Å². The molecular weight excluding hydrogens is 364 g/mol. The molecule has 5 rings (SSSR count). The van der Waals surface area contributed by atoms with E-state index in [0.29, 0.717) is 23.9 Å². The molecule has 0 radical (unpaired) electrons. The summed E-state index contributed by atoms with van der Waals surface area (Å²) in [5.41, 5.74) is 9.57. The Kier molecular flexibility index (Phi) is 5.01. The van der Waals surface area contributed by atoms with Crippen LogP contribution in [0.25, 0.3) is 0 Å². The normalized spacial score (nSPS) is 32.1. The molecule has 0 bridgehead atoms. The zero-order chi connectivity index (χ0) is 20.0. The SMILES string of the molecule is CN(C)[C@H]1CCN(c2cc(C3NNC4CCC(c5cnn(C)c5)CC43)ncn2)C1. The Morgan fingerprint density at radius 3 is 2.79 bits per heavy atom. The molecule has 1 saturated carbocycles. The molecule has 2 saturated heterocycles. The number of aryl methyl sites for hydroxylation is 1. The van der Waals surface area contributed by atoms with E-state index in [1.165, 1.54) is 24.8 Å². The van der Waals surface area contributed by atoms with Gasteiger partial charge in [0.05, 0.1) is 17.9 Å². The van der Waals surface area contributed by atoms with E-state index >= 15 is 0 Å². The predicted octanol–water partition coefficient (Wildman–Crippen LogP) is 1.45. The molecule has 4 heterocycles. The molecule has 156 valence electrons. The van der Waals surface area contributed by atoms with Crippen molar-refractivity contribution in [2.75, 3.05) is 32.1 Å². The average molecular weight is 397 g/mol. The first-order valence-corrected chi connectivity index (χ1v) is 10.8. The van der Waals surface area contributed by atoms with Crippen molar-refractivity contribution in [1.82, 2.24) is 35.5 Å². The Balaban J connectivity index is 1.33. The number of fused-ring (bicyclic) bond motifs is 1. The van der Waals surface area contributed by atoms with Crippen molar-refractivity contribution >= 4 is 5.82 Å². The van der Waals surface area contributed by atoms with Gasteiger partial charge in [0.15, 0.2) is 0 Å². The van der Waals surface area contributed by atoms with Crippen LogP contribution in [0.15, 0.2) is 24.8 Å². The van der Waals surface area contributed by atoms with Gasteiger partial charge in [-0.25, -0.2) is 15.4 Å². The third-order valence-electron chi connectivity index (χ3n) is 7.16. The molecule has 2 aromatic rings. The minimum atomic E-state index is 0.230.